The van der Waals surface area contributed by atoms with Gasteiger partial charge in [-0.05, 0) is 36.5 Å². The lowest BCUT2D eigenvalue weighted by atomic mass is 9.78. The summed E-state index contributed by atoms with van der Waals surface area (Å²) in [6.45, 7) is 5.61. The molecular formula is C22H38N4O3S. The molecule has 170 valence electrons. The van der Waals surface area contributed by atoms with Gasteiger partial charge in [0.15, 0.2) is 5.96 Å². The molecule has 1 aromatic carbocycles. The van der Waals surface area contributed by atoms with E-state index < -0.39 is 10.0 Å². The molecule has 0 aliphatic heterocycles. The Balaban J connectivity index is 1.91. The van der Waals surface area contributed by atoms with Crippen LogP contribution in [0, 0.1) is 11.8 Å². The van der Waals surface area contributed by atoms with Gasteiger partial charge in [0.1, 0.15) is 0 Å². The number of hydrogen-bond acceptors (Lipinski definition) is 4. The fourth-order valence-electron chi connectivity index (χ4n) is 3.98. The molecule has 2 unspecified atom stereocenters. The third-order valence-corrected chi connectivity index (χ3v) is 7.50. The van der Waals surface area contributed by atoms with Gasteiger partial charge in [-0.25, -0.2) is 13.1 Å². The number of nitrogens with zero attached hydrogens (tertiary/aromatic N) is 1. The van der Waals surface area contributed by atoms with Crippen LogP contribution in [0.25, 0.3) is 0 Å². The molecule has 1 saturated carbocycles. The zero-order valence-corrected chi connectivity index (χ0v) is 19.6. The van der Waals surface area contributed by atoms with E-state index in [2.05, 4.69) is 34.2 Å². The number of hydrogen-bond donors (Lipinski definition) is 3. The Morgan fingerprint density at radius 2 is 1.97 bits per heavy atom. The van der Waals surface area contributed by atoms with Crippen LogP contribution < -0.4 is 15.4 Å². The van der Waals surface area contributed by atoms with Crippen LogP contribution in [0.3, 0.4) is 0 Å². The predicted molar refractivity (Wildman–Crippen MR) is 122 cm³/mol. The molecule has 2 atom stereocenters. The fourth-order valence-corrected chi connectivity index (χ4v) is 5.06. The van der Waals surface area contributed by atoms with Crippen LogP contribution in [0.2, 0.25) is 0 Å². The van der Waals surface area contributed by atoms with Crippen LogP contribution in [0.1, 0.15) is 51.5 Å². The second kappa shape index (κ2) is 12.3. The van der Waals surface area contributed by atoms with Crippen molar-refractivity contribution in [3.05, 3.63) is 29.8 Å². The van der Waals surface area contributed by atoms with Gasteiger partial charge < -0.3 is 15.4 Å². The van der Waals surface area contributed by atoms with Crippen molar-refractivity contribution in [3.63, 3.8) is 0 Å². The average Bonchev–Trinajstić information content (AvgIpc) is 2.76. The quantitative estimate of drug-likeness (QED) is 0.297. The van der Waals surface area contributed by atoms with Gasteiger partial charge in [-0.1, -0.05) is 51.2 Å². The van der Waals surface area contributed by atoms with Gasteiger partial charge in [0, 0.05) is 33.3 Å². The lowest BCUT2D eigenvalue weighted by Crippen LogP contribution is -2.46. The topological polar surface area (TPSA) is 91.8 Å². The fraction of sp³-hybridized carbons (Fsp3) is 0.682. The molecule has 1 aromatic rings. The first-order valence-electron chi connectivity index (χ1n) is 10.9. The molecule has 1 fully saturated rings. The van der Waals surface area contributed by atoms with Crippen LogP contribution in [0.5, 0.6) is 0 Å². The van der Waals surface area contributed by atoms with E-state index in [0.717, 1.165) is 17.4 Å². The van der Waals surface area contributed by atoms with E-state index in [1.807, 2.05) is 6.07 Å². The number of rotatable bonds is 10. The van der Waals surface area contributed by atoms with Crippen molar-refractivity contribution in [2.75, 3.05) is 27.3 Å². The van der Waals surface area contributed by atoms with Crippen molar-refractivity contribution in [2.45, 2.75) is 63.4 Å². The Morgan fingerprint density at radius 3 is 2.63 bits per heavy atom. The molecule has 0 bridgehead atoms. The SMILES string of the molecule is CN=C(NCc1cccc(S(=O)(=O)NCCOC)c1)NC(C)C(C)C1CCCCC1. The summed E-state index contributed by atoms with van der Waals surface area (Å²) < 4.78 is 32.2. The summed E-state index contributed by atoms with van der Waals surface area (Å²) >= 11 is 0. The van der Waals surface area contributed by atoms with Gasteiger partial charge in [-0.15, -0.1) is 0 Å². The Morgan fingerprint density at radius 1 is 1.23 bits per heavy atom. The second-order valence-electron chi connectivity index (χ2n) is 8.15. The van der Waals surface area contributed by atoms with E-state index >= 15 is 0 Å². The van der Waals surface area contributed by atoms with E-state index in [1.54, 1.807) is 25.2 Å². The smallest absolute Gasteiger partial charge is 0.240 e. The lowest BCUT2D eigenvalue weighted by molar-refractivity contribution is 0.204. The van der Waals surface area contributed by atoms with E-state index in [-0.39, 0.29) is 11.4 Å². The molecule has 8 heteroatoms. The summed E-state index contributed by atoms with van der Waals surface area (Å²) in [5.74, 6) is 2.08. The zero-order chi connectivity index (χ0) is 22.0. The van der Waals surface area contributed by atoms with E-state index in [9.17, 15) is 8.42 Å². The molecule has 3 N–H and O–H groups in total. The Kier molecular flexibility index (Phi) is 10.1. The minimum Gasteiger partial charge on any atom is -0.383 e. The minimum atomic E-state index is -3.55. The Labute approximate surface area is 182 Å². The highest BCUT2D eigenvalue weighted by molar-refractivity contribution is 7.89. The molecule has 0 spiro atoms. The van der Waals surface area contributed by atoms with Gasteiger partial charge in [-0.3, -0.25) is 4.99 Å². The van der Waals surface area contributed by atoms with Gasteiger partial charge in [-0.2, -0.15) is 0 Å². The number of nitrogens with one attached hydrogen (secondary N) is 3. The second-order valence-corrected chi connectivity index (χ2v) is 9.92. The third-order valence-electron chi connectivity index (χ3n) is 6.04. The highest BCUT2D eigenvalue weighted by atomic mass is 32.2. The number of aliphatic imine (C=N–C) groups is 1. The third kappa shape index (κ3) is 7.56. The molecule has 1 aliphatic rings. The first-order valence-corrected chi connectivity index (χ1v) is 12.4. The maximum absolute atomic E-state index is 12.4. The normalized spacial score (nSPS) is 18.1. The first kappa shape index (κ1) is 24.6. The van der Waals surface area contributed by atoms with Gasteiger partial charge in [0.2, 0.25) is 10.0 Å². The van der Waals surface area contributed by atoms with E-state index in [4.69, 9.17) is 4.74 Å². The monoisotopic (exact) mass is 438 g/mol. The summed E-state index contributed by atoms with van der Waals surface area (Å²) in [5.41, 5.74) is 0.876. The van der Waals surface area contributed by atoms with Crippen molar-refractivity contribution >= 4 is 16.0 Å². The number of ether oxygens (including phenoxy) is 1. The van der Waals surface area contributed by atoms with E-state index in [1.165, 1.54) is 39.2 Å². The van der Waals surface area contributed by atoms with Crippen molar-refractivity contribution in [1.82, 2.24) is 15.4 Å². The maximum Gasteiger partial charge on any atom is 0.240 e. The van der Waals surface area contributed by atoms with Crippen LogP contribution in [-0.4, -0.2) is 47.7 Å². The van der Waals surface area contributed by atoms with Crippen LogP contribution in [0.15, 0.2) is 34.2 Å². The van der Waals surface area contributed by atoms with Crippen molar-refractivity contribution in [1.29, 1.82) is 0 Å². The van der Waals surface area contributed by atoms with Crippen LogP contribution in [-0.2, 0) is 21.3 Å². The number of methoxy groups -OCH3 is 1. The molecule has 0 aromatic heterocycles. The summed E-state index contributed by atoms with van der Waals surface area (Å²) in [6.07, 6.45) is 6.69. The first-order chi connectivity index (χ1) is 14.4. The van der Waals surface area contributed by atoms with E-state index in [0.29, 0.717) is 25.1 Å². The summed E-state index contributed by atoms with van der Waals surface area (Å²) in [4.78, 5) is 4.59. The van der Waals surface area contributed by atoms with Crippen molar-refractivity contribution in [2.24, 2.45) is 16.8 Å². The average molecular weight is 439 g/mol. The van der Waals surface area contributed by atoms with Crippen LogP contribution in [0.4, 0.5) is 0 Å². The van der Waals surface area contributed by atoms with Crippen LogP contribution >= 0.6 is 0 Å². The molecule has 7 nitrogen and oxygen atoms in total. The molecule has 0 saturated heterocycles. The Hall–Kier alpha value is -1.64. The molecule has 1 aliphatic carbocycles. The molecule has 2 rings (SSSR count). The number of sulfonamides is 1. The van der Waals surface area contributed by atoms with Gasteiger partial charge in [0.05, 0.1) is 11.5 Å². The van der Waals surface area contributed by atoms with Gasteiger partial charge in [0.25, 0.3) is 0 Å². The summed E-state index contributed by atoms with van der Waals surface area (Å²) in [6, 6.07) is 7.26. The molecule has 30 heavy (non-hydrogen) atoms. The summed E-state index contributed by atoms with van der Waals surface area (Å²) in [7, 11) is -0.248. The number of benzene rings is 1. The van der Waals surface area contributed by atoms with Crippen molar-refractivity contribution in [3.8, 4) is 0 Å². The van der Waals surface area contributed by atoms with Crippen molar-refractivity contribution < 1.29 is 13.2 Å². The molecule has 0 radical (unpaired) electrons. The molecule has 0 heterocycles. The zero-order valence-electron chi connectivity index (χ0n) is 18.8. The molecular weight excluding hydrogens is 400 g/mol. The minimum absolute atomic E-state index is 0.245. The maximum atomic E-state index is 12.4. The molecule has 0 amide bonds. The standard InChI is InChI=1S/C22H38N4O3S/c1-17(20-10-6-5-7-11-20)18(2)26-22(23-3)24-16-19-9-8-12-21(15-19)30(27,28)25-13-14-29-4/h8-9,12,15,17-18,20,25H,5-7,10-11,13-14,16H2,1-4H3,(H2,23,24,26). The lowest BCUT2D eigenvalue weighted by Gasteiger charge is -2.32. The summed E-state index contributed by atoms with van der Waals surface area (Å²) in [5, 5.41) is 6.82. The highest BCUT2D eigenvalue weighted by Gasteiger charge is 2.25. The Bertz CT molecular complexity index is 776. The van der Waals surface area contributed by atoms with Gasteiger partial charge >= 0.3 is 0 Å². The predicted octanol–water partition coefficient (Wildman–Crippen LogP) is 2.88. The largest absolute Gasteiger partial charge is 0.383 e. The highest BCUT2D eigenvalue weighted by Crippen LogP contribution is 2.31. The number of guanidine groups is 1.